The highest BCUT2D eigenvalue weighted by molar-refractivity contribution is 6.04. The largest absolute Gasteiger partial charge is 0.454 e. The van der Waals surface area contributed by atoms with Gasteiger partial charge in [-0.1, -0.05) is 42.5 Å². The lowest BCUT2D eigenvalue weighted by atomic mass is 10.1. The summed E-state index contributed by atoms with van der Waals surface area (Å²) < 4.78 is 4.88. The Bertz CT molecular complexity index is 1120. The molecule has 3 aromatic rings. The van der Waals surface area contributed by atoms with Gasteiger partial charge in [-0.05, 0) is 42.0 Å². The zero-order valence-electron chi connectivity index (χ0n) is 16.3. The van der Waals surface area contributed by atoms with Gasteiger partial charge in [0.1, 0.15) is 6.54 Å². The van der Waals surface area contributed by atoms with Crippen molar-refractivity contribution in [3.8, 4) is 0 Å². The summed E-state index contributed by atoms with van der Waals surface area (Å²) in [6.45, 7) is 0.489. The number of amides is 2. The molecule has 152 valence electrons. The average Bonchev–Trinajstić information content (AvgIpc) is 2.76. The first kappa shape index (κ1) is 20.7. The number of carbonyl (C=O) groups excluding carboxylic acids is 4. The summed E-state index contributed by atoms with van der Waals surface area (Å²) in [6, 6.07) is 19.4. The van der Waals surface area contributed by atoms with E-state index >= 15 is 0 Å². The Morgan fingerprint density at radius 1 is 0.867 bits per heavy atom. The minimum Gasteiger partial charge on any atom is -0.454 e. The number of hydrogen-bond acceptors (Lipinski definition) is 5. The van der Waals surface area contributed by atoms with Crippen LogP contribution in [-0.4, -0.2) is 36.7 Å². The number of hydrogen-bond donors (Lipinski definition) is 2. The molecule has 0 heterocycles. The second-order valence-electron chi connectivity index (χ2n) is 6.56. The summed E-state index contributed by atoms with van der Waals surface area (Å²) in [5, 5.41) is 6.92. The molecule has 0 radical (unpaired) electrons. The Morgan fingerprint density at radius 2 is 1.57 bits per heavy atom. The fourth-order valence-electron chi connectivity index (χ4n) is 2.87. The number of ether oxygens (including phenoxy) is 1. The van der Waals surface area contributed by atoms with E-state index in [0.717, 1.165) is 10.8 Å². The Labute approximate surface area is 173 Å². The topological polar surface area (TPSA) is 102 Å². The van der Waals surface area contributed by atoms with Gasteiger partial charge in [0.25, 0.3) is 11.8 Å². The van der Waals surface area contributed by atoms with Crippen molar-refractivity contribution in [1.29, 1.82) is 0 Å². The molecule has 0 saturated carbocycles. The third-order valence-corrected chi connectivity index (χ3v) is 4.35. The van der Waals surface area contributed by atoms with Gasteiger partial charge in [0.05, 0.1) is 5.69 Å². The number of anilines is 1. The van der Waals surface area contributed by atoms with Crippen LogP contribution in [-0.2, 0) is 14.3 Å². The fraction of sp³-hybridized carbons (Fsp3) is 0.130. The second kappa shape index (κ2) is 9.47. The molecule has 0 aliphatic rings. The van der Waals surface area contributed by atoms with E-state index in [4.69, 9.17) is 4.74 Å². The molecule has 0 saturated heterocycles. The van der Waals surface area contributed by atoms with Gasteiger partial charge in [0, 0.05) is 11.1 Å². The minimum atomic E-state index is -0.751. The molecule has 7 nitrogen and oxygen atoms in total. The summed E-state index contributed by atoms with van der Waals surface area (Å²) >= 11 is 0. The van der Waals surface area contributed by atoms with Crippen molar-refractivity contribution in [3.05, 3.63) is 77.9 Å². The number of carbonyl (C=O) groups is 4. The minimum absolute atomic E-state index is 0.195. The summed E-state index contributed by atoms with van der Waals surface area (Å²) in [5.41, 5.74) is 1.12. The maximum absolute atomic E-state index is 12.2. The molecular weight excluding hydrogens is 384 g/mol. The van der Waals surface area contributed by atoms with E-state index in [1.165, 1.54) is 6.92 Å². The zero-order chi connectivity index (χ0) is 21.5. The van der Waals surface area contributed by atoms with Crippen LogP contribution in [0.25, 0.3) is 10.8 Å². The lowest BCUT2D eigenvalue weighted by Gasteiger charge is -2.10. The normalized spacial score (nSPS) is 10.3. The van der Waals surface area contributed by atoms with Gasteiger partial charge >= 0.3 is 5.97 Å². The average molecular weight is 404 g/mol. The molecule has 3 rings (SSSR count). The van der Waals surface area contributed by atoms with E-state index in [1.807, 2.05) is 30.3 Å². The van der Waals surface area contributed by atoms with Crippen LogP contribution in [0.4, 0.5) is 5.69 Å². The highest BCUT2D eigenvalue weighted by Crippen LogP contribution is 2.16. The zero-order valence-corrected chi connectivity index (χ0v) is 16.3. The standard InChI is InChI=1S/C23H20N2O5/c1-15(26)19-8-4-5-9-20(19)25-21(27)14-30-22(28)13-24-23(29)18-11-10-16-6-2-3-7-17(16)12-18/h2-12H,13-14H2,1H3,(H,24,29)(H,25,27). The number of ketones is 1. The van der Waals surface area contributed by atoms with Gasteiger partial charge in [0.2, 0.25) is 0 Å². The number of benzene rings is 3. The molecule has 7 heteroatoms. The Morgan fingerprint density at radius 3 is 2.33 bits per heavy atom. The van der Waals surface area contributed by atoms with Crippen LogP contribution in [0.1, 0.15) is 27.6 Å². The number of Topliss-reactive ketones (excluding diaryl/α,β-unsaturated/α-hetero) is 1. The second-order valence-corrected chi connectivity index (χ2v) is 6.56. The first-order valence-corrected chi connectivity index (χ1v) is 9.26. The molecule has 0 spiro atoms. The lowest BCUT2D eigenvalue weighted by Crippen LogP contribution is -2.32. The van der Waals surface area contributed by atoms with Crippen molar-refractivity contribution in [2.24, 2.45) is 0 Å². The molecule has 2 N–H and O–H groups in total. The van der Waals surface area contributed by atoms with Crippen LogP contribution >= 0.6 is 0 Å². The molecule has 3 aromatic carbocycles. The van der Waals surface area contributed by atoms with Gasteiger partial charge in [0.15, 0.2) is 12.4 Å². The highest BCUT2D eigenvalue weighted by Gasteiger charge is 2.13. The predicted octanol–water partition coefficient (Wildman–Crippen LogP) is 2.95. The Balaban J connectivity index is 1.48. The number of para-hydroxylation sites is 1. The van der Waals surface area contributed by atoms with Crippen LogP contribution in [0.3, 0.4) is 0 Å². The smallest absolute Gasteiger partial charge is 0.325 e. The van der Waals surface area contributed by atoms with Crippen LogP contribution < -0.4 is 10.6 Å². The number of nitrogens with one attached hydrogen (secondary N) is 2. The van der Waals surface area contributed by atoms with E-state index in [1.54, 1.807) is 36.4 Å². The van der Waals surface area contributed by atoms with Gasteiger partial charge in [-0.15, -0.1) is 0 Å². The fourth-order valence-corrected chi connectivity index (χ4v) is 2.87. The van der Waals surface area contributed by atoms with Crippen molar-refractivity contribution >= 4 is 40.0 Å². The Hall–Kier alpha value is -4.00. The first-order chi connectivity index (χ1) is 14.4. The first-order valence-electron chi connectivity index (χ1n) is 9.26. The molecule has 0 aliphatic carbocycles. The summed E-state index contributed by atoms with van der Waals surface area (Å²) in [5.74, 6) is -1.95. The highest BCUT2D eigenvalue weighted by atomic mass is 16.5. The molecule has 0 fully saturated rings. The molecule has 2 amide bonds. The van der Waals surface area contributed by atoms with Crippen molar-refractivity contribution in [2.75, 3.05) is 18.5 Å². The van der Waals surface area contributed by atoms with E-state index in [9.17, 15) is 19.2 Å². The maximum Gasteiger partial charge on any atom is 0.325 e. The molecule has 0 aromatic heterocycles. The van der Waals surface area contributed by atoms with E-state index in [0.29, 0.717) is 16.8 Å². The molecule has 0 bridgehead atoms. The third kappa shape index (κ3) is 5.29. The van der Waals surface area contributed by atoms with Crippen molar-refractivity contribution in [1.82, 2.24) is 5.32 Å². The lowest BCUT2D eigenvalue weighted by molar-refractivity contribution is -0.146. The summed E-state index contributed by atoms with van der Waals surface area (Å²) in [4.78, 5) is 47.7. The maximum atomic E-state index is 12.2. The monoisotopic (exact) mass is 404 g/mol. The van der Waals surface area contributed by atoms with Gasteiger partial charge in [-0.2, -0.15) is 0 Å². The predicted molar refractivity (Wildman–Crippen MR) is 112 cm³/mol. The quantitative estimate of drug-likeness (QED) is 0.466. The van der Waals surface area contributed by atoms with Gasteiger partial charge < -0.3 is 15.4 Å². The van der Waals surface area contributed by atoms with Crippen LogP contribution in [0.5, 0.6) is 0 Å². The molecule has 0 unspecified atom stereocenters. The van der Waals surface area contributed by atoms with Crippen LogP contribution in [0.15, 0.2) is 66.7 Å². The van der Waals surface area contributed by atoms with Gasteiger partial charge in [-0.25, -0.2) is 0 Å². The van der Waals surface area contributed by atoms with E-state index in [-0.39, 0.29) is 12.3 Å². The molecule has 0 atom stereocenters. The SMILES string of the molecule is CC(=O)c1ccccc1NC(=O)COC(=O)CNC(=O)c1ccc2ccccc2c1. The van der Waals surface area contributed by atoms with Crippen molar-refractivity contribution < 1.29 is 23.9 Å². The number of rotatable bonds is 7. The van der Waals surface area contributed by atoms with Crippen LogP contribution in [0, 0.1) is 0 Å². The van der Waals surface area contributed by atoms with E-state index in [2.05, 4.69) is 10.6 Å². The van der Waals surface area contributed by atoms with Crippen LogP contribution in [0.2, 0.25) is 0 Å². The summed E-state index contributed by atoms with van der Waals surface area (Å²) in [7, 11) is 0. The summed E-state index contributed by atoms with van der Waals surface area (Å²) in [6.07, 6.45) is 0. The number of esters is 1. The molecule has 0 aliphatic heterocycles. The number of fused-ring (bicyclic) bond motifs is 1. The molecular formula is C23H20N2O5. The van der Waals surface area contributed by atoms with Crippen molar-refractivity contribution in [2.45, 2.75) is 6.92 Å². The Kier molecular flexibility index (Phi) is 6.54. The third-order valence-electron chi connectivity index (χ3n) is 4.35. The van der Waals surface area contributed by atoms with Gasteiger partial charge in [-0.3, -0.25) is 19.2 Å². The molecule has 30 heavy (non-hydrogen) atoms. The van der Waals surface area contributed by atoms with E-state index < -0.39 is 24.4 Å². The van der Waals surface area contributed by atoms with Crippen molar-refractivity contribution in [3.63, 3.8) is 0 Å².